The molecule has 0 radical (unpaired) electrons. The molecule has 1 rings (SSSR count). The van der Waals surface area contributed by atoms with E-state index in [1.807, 2.05) is 0 Å². The summed E-state index contributed by atoms with van der Waals surface area (Å²) in [5, 5.41) is 2.89. The standard InChI is InChI=1S/C10H18BrNO2/c1-8(11)4-5-12-10(13)7-9-3-2-6-14-9/h8-9H,2-7H2,1H3,(H,12,13). The van der Waals surface area contributed by atoms with Crippen molar-refractivity contribution < 1.29 is 9.53 Å². The Morgan fingerprint density at radius 1 is 1.71 bits per heavy atom. The lowest BCUT2D eigenvalue weighted by molar-refractivity contribution is -0.123. The van der Waals surface area contributed by atoms with E-state index in [0.29, 0.717) is 11.2 Å². The molecule has 82 valence electrons. The lowest BCUT2D eigenvalue weighted by Gasteiger charge is -2.10. The molecule has 0 aromatic rings. The molecule has 1 saturated heterocycles. The summed E-state index contributed by atoms with van der Waals surface area (Å²) in [6, 6.07) is 0. The van der Waals surface area contributed by atoms with E-state index in [0.717, 1.165) is 32.4 Å². The van der Waals surface area contributed by atoms with Crippen molar-refractivity contribution in [2.24, 2.45) is 0 Å². The van der Waals surface area contributed by atoms with Crippen molar-refractivity contribution in [3.63, 3.8) is 0 Å². The SMILES string of the molecule is CC(Br)CCNC(=O)CC1CCCO1. The molecule has 1 amide bonds. The number of halogens is 1. The lowest BCUT2D eigenvalue weighted by Crippen LogP contribution is -2.28. The van der Waals surface area contributed by atoms with Crippen LogP contribution in [-0.4, -0.2) is 30.0 Å². The van der Waals surface area contributed by atoms with Crippen molar-refractivity contribution in [2.45, 2.75) is 43.5 Å². The molecule has 4 heteroatoms. The second kappa shape index (κ2) is 6.40. The fourth-order valence-corrected chi connectivity index (χ4v) is 1.72. The van der Waals surface area contributed by atoms with Crippen LogP contribution in [0.2, 0.25) is 0 Å². The van der Waals surface area contributed by atoms with Crippen LogP contribution in [0.25, 0.3) is 0 Å². The number of nitrogens with one attached hydrogen (secondary N) is 1. The fraction of sp³-hybridized carbons (Fsp3) is 0.900. The molecule has 1 heterocycles. The van der Waals surface area contributed by atoms with E-state index < -0.39 is 0 Å². The van der Waals surface area contributed by atoms with Gasteiger partial charge in [0.1, 0.15) is 0 Å². The first-order valence-corrected chi connectivity index (χ1v) is 6.12. The molecule has 0 saturated carbocycles. The van der Waals surface area contributed by atoms with Gasteiger partial charge in [0.05, 0.1) is 12.5 Å². The highest BCUT2D eigenvalue weighted by Crippen LogP contribution is 2.14. The molecule has 14 heavy (non-hydrogen) atoms. The third-order valence-corrected chi connectivity index (χ3v) is 2.76. The van der Waals surface area contributed by atoms with Crippen molar-refractivity contribution in [1.29, 1.82) is 0 Å². The molecule has 3 nitrogen and oxygen atoms in total. The Morgan fingerprint density at radius 3 is 3.07 bits per heavy atom. The van der Waals surface area contributed by atoms with Gasteiger partial charge in [0.2, 0.25) is 5.91 Å². The van der Waals surface area contributed by atoms with E-state index >= 15 is 0 Å². The highest BCUT2D eigenvalue weighted by Gasteiger charge is 2.18. The molecule has 0 spiro atoms. The Hall–Kier alpha value is -0.0900. The average molecular weight is 264 g/mol. The Morgan fingerprint density at radius 2 is 2.50 bits per heavy atom. The molecule has 0 bridgehead atoms. The first kappa shape index (κ1) is 12.0. The minimum Gasteiger partial charge on any atom is -0.378 e. The molecule has 1 N–H and O–H groups in total. The highest BCUT2D eigenvalue weighted by atomic mass is 79.9. The van der Waals surface area contributed by atoms with Crippen molar-refractivity contribution in [2.75, 3.05) is 13.2 Å². The van der Waals surface area contributed by atoms with Crippen LogP contribution in [0.3, 0.4) is 0 Å². The Labute approximate surface area is 93.7 Å². The van der Waals surface area contributed by atoms with Gasteiger partial charge < -0.3 is 10.1 Å². The summed E-state index contributed by atoms with van der Waals surface area (Å²) in [5.74, 6) is 0.116. The zero-order valence-corrected chi connectivity index (χ0v) is 10.2. The molecule has 0 aliphatic carbocycles. The van der Waals surface area contributed by atoms with Crippen LogP contribution >= 0.6 is 15.9 Å². The number of hydrogen-bond acceptors (Lipinski definition) is 2. The van der Waals surface area contributed by atoms with E-state index in [9.17, 15) is 4.79 Å². The van der Waals surface area contributed by atoms with Gasteiger partial charge in [0, 0.05) is 18.0 Å². The van der Waals surface area contributed by atoms with Crippen LogP contribution < -0.4 is 5.32 Å². The normalized spacial score (nSPS) is 23.4. The Balaban J connectivity index is 2.03. The van der Waals surface area contributed by atoms with Gasteiger partial charge in [-0.05, 0) is 19.3 Å². The molecular weight excluding hydrogens is 246 g/mol. The third kappa shape index (κ3) is 4.96. The van der Waals surface area contributed by atoms with Crippen molar-refractivity contribution in [3.05, 3.63) is 0 Å². The van der Waals surface area contributed by atoms with Gasteiger partial charge in [-0.1, -0.05) is 22.9 Å². The first-order chi connectivity index (χ1) is 6.68. The predicted molar refractivity (Wildman–Crippen MR) is 59.6 cm³/mol. The molecule has 1 fully saturated rings. The van der Waals surface area contributed by atoms with Crippen LogP contribution in [0.4, 0.5) is 0 Å². The Bertz CT molecular complexity index is 179. The van der Waals surface area contributed by atoms with E-state index in [2.05, 4.69) is 28.2 Å². The topological polar surface area (TPSA) is 38.3 Å². The molecule has 0 aromatic carbocycles. The van der Waals surface area contributed by atoms with Gasteiger partial charge in [-0.15, -0.1) is 0 Å². The summed E-state index contributed by atoms with van der Waals surface area (Å²) in [5.41, 5.74) is 0. The van der Waals surface area contributed by atoms with Crippen molar-refractivity contribution >= 4 is 21.8 Å². The average Bonchev–Trinajstić information content (AvgIpc) is 2.56. The van der Waals surface area contributed by atoms with Crippen molar-refractivity contribution in [3.8, 4) is 0 Å². The highest BCUT2D eigenvalue weighted by molar-refractivity contribution is 9.09. The maximum absolute atomic E-state index is 11.4. The minimum absolute atomic E-state index is 0.116. The van der Waals surface area contributed by atoms with E-state index in [4.69, 9.17) is 4.74 Å². The molecular formula is C10H18BrNO2. The Kier molecular flexibility index (Phi) is 5.48. The van der Waals surface area contributed by atoms with Gasteiger partial charge in [0.25, 0.3) is 0 Å². The van der Waals surface area contributed by atoms with Crippen molar-refractivity contribution in [1.82, 2.24) is 5.32 Å². The number of ether oxygens (including phenoxy) is 1. The molecule has 2 unspecified atom stereocenters. The summed E-state index contributed by atoms with van der Waals surface area (Å²) in [6.07, 6.45) is 3.78. The quantitative estimate of drug-likeness (QED) is 0.769. The van der Waals surface area contributed by atoms with Gasteiger partial charge in [-0.25, -0.2) is 0 Å². The maximum atomic E-state index is 11.4. The number of amides is 1. The molecule has 1 aliphatic heterocycles. The van der Waals surface area contributed by atoms with Gasteiger partial charge in [-0.2, -0.15) is 0 Å². The lowest BCUT2D eigenvalue weighted by atomic mass is 10.2. The largest absolute Gasteiger partial charge is 0.378 e. The van der Waals surface area contributed by atoms with Crippen LogP contribution in [0.15, 0.2) is 0 Å². The van der Waals surface area contributed by atoms with Crippen LogP contribution in [0, 0.1) is 0 Å². The number of carbonyl (C=O) groups is 1. The minimum atomic E-state index is 0.116. The molecule has 2 atom stereocenters. The number of alkyl halides is 1. The van der Waals surface area contributed by atoms with E-state index in [1.165, 1.54) is 0 Å². The second-order valence-corrected chi connectivity index (χ2v) is 5.32. The zero-order chi connectivity index (χ0) is 10.4. The van der Waals surface area contributed by atoms with Gasteiger partial charge in [0.15, 0.2) is 0 Å². The summed E-state index contributed by atoms with van der Waals surface area (Å²) in [7, 11) is 0. The van der Waals surface area contributed by atoms with Gasteiger partial charge >= 0.3 is 0 Å². The summed E-state index contributed by atoms with van der Waals surface area (Å²) < 4.78 is 5.38. The molecule has 0 aromatic heterocycles. The van der Waals surface area contributed by atoms with Crippen LogP contribution in [-0.2, 0) is 9.53 Å². The zero-order valence-electron chi connectivity index (χ0n) is 8.59. The van der Waals surface area contributed by atoms with Crippen LogP contribution in [0.1, 0.15) is 32.6 Å². The number of hydrogen-bond donors (Lipinski definition) is 1. The van der Waals surface area contributed by atoms with Gasteiger partial charge in [-0.3, -0.25) is 4.79 Å². The smallest absolute Gasteiger partial charge is 0.222 e. The first-order valence-electron chi connectivity index (χ1n) is 5.21. The number of carbonyl (C=O) groups excluding carboxylic acids is 1. The summed E-state index contributed by atoms with van der Waals surface area (Å²) in [4.78, 5) is 11.8. The van der Waals surface area contributed by atoms with Crippen LogP contribution in [0.5, 0.6) is 0 Å². The second-order valence-electron chi connectivity index (χ2n) is 3.76. The fourth-order valence-electron chi connectivity index (χ4n) is 1.49. The monoisotopic (exact) mass is 263 g/mol. The molecule has 1 aliphatic rings. The summed E-state index contributed by atoms with van der Waals surface area (Å²) in [6.45, 7) is 3.64. The number of rotatable bonds is 5. The predicted octanol–water partition coefficient (Wildman–Crippen LogP) is 1.85. The summed E-state index contributed by atoms with van der Waals surface area (Å²) >= 11 is 3.44. The van der Waals surface area contributed by atoms with E-state index in [1.54, 1.807) is 0 Å². The van der Waals surface area contributed by atoms with E-state index in [-0.39, 0.29) is 12.0 Å². The maximum Gasteiger partial charge on any atom is 0.222 e. The third-order valence-electron chi connectivity index (χ3n) is 2.30.